The van der Waals surface area contributed by atoms with Crippen molar-refractivity contribution in [1.29, 1.82) is 0 Å². The first-order chi connectivity index (χ1) is 11.3. The largest absolute Gasteiger partial charge is 0.389 e. The average Bonchev–Trinajstić information content (AvgIpc) is 2.93. The number of anilines is 1. The second-order valence-corrected chi connectivity index (χ2v) is 8.01. The highest BCUT2D eigenvalue weighted by atomic mass is 32.2. The van der Waals surface area contributed by atoms with Gasteiger partial charge in [0.05, 0.1) is 17.6 Å². The summed E-state index contributed by atoms with van der Waals surface area (Å²) in [6.07, 6.45) is 0.452. The Labute approximate surface area is 142 Å². The summed E-state index contributed by atoms with van der Waals surface area (Å²) in [5.41, 5.74) is 1.29. The smallest absolute Gasteiger partial charge is 0.243 e. The third kappa shape index (κ3) is 3.94. The Bertz CT molecular complexity index is 704. The number of benzene rings is 1. The highest BCUT2D eigenvalue weighted by molar-refractivity contribution is 7.89. The molecule has 1 N–H and O–H groups in total. The Morgan fingerprint density at radius 2 is 2.12 bits per heavy atom. The first-order valence-corrected chi connectivity index (χ1v) is 9.25. The van der Waals surface area contributed by atoms with Crippen molar-refractivity contribution in [2.24, 2.45) is 0 Å². The van der Waals surface area contributed by atoms with E-state index in [1.165, 1.54) is 20.2 Å². The number of aryl methyl sites for hydroxylation is 1. The zero-order chi connectivity index (χ0) is 17.9. The number of rotatable bonds is 7. The van der Waals surface area contributed by atoms with Gasteiger partial charge in [-0.1, -0.05) is 0 Å². The molecule has 0 radical (unpaired) electrons. The van der Waals surface area contributed by atoms with Crippen molar-refractivity contribution in [3.05, 3.63) is 23.8 Å². The number of aliphatic hydroxyl groups excluding tert-OH is 1. The fourth-order valence-electron chi connectivity index (χ4n) is 2.82. The molecule has 0 saturated carbocycles. The van der Waals surface area contributed by atoms with Crippen LogP contribution < -0.4 is 4.90 Å². The van der Waals surface area contributed by atoms with Crippen LogP contribution >= 0.6 is 0 Å². The molecule has 1 amide bonds. The maximum Gasteiger partial charge on any atom is 0.243 e. The zero-order valence-electron chi connectivity index (χ0n) is 14.2. The molecule has 134 valence electrons. The Kier molecular flexibility index (Phi) is 5.97. The second kappa shape index (κ2) is 7.60. The number of aliphatic hydroxyl groups is 1. The summed E-state index contributed by atoms with van der Waals surface area (Å²) < 4.78 is 31.3. The van der Waals surface area contributed by atoms with E-state index in [0.29, 0.717) is 18.5 Å². The molecule has 1 aliphatic rings. The van der Waals surface area contributed by atoms with Crippen molar-refractivity contribution in [1.82, 2.24) is 4.31 Å². The van der Waals surface area contributed by atoms with Crippen molar-refractivity contribution in [2.75, 3.05) is 38.8 Å². The van der Waals surface area contributed by atoms with Gasteiger partial charge in [-0.3, -0.25) is 4.79 Å². The summed E-state index contributed by atoms with van der Waals surface area (Å²) in [5, 5.41) is 9.74. The number of hydrogen-bond acceptors (Lipinski definition) is 5. The number of carbonyl (C=O) groups excluding carboxylic acids is 1. The molecular weight excluding hydrogens is 332 g/mol. The monoisotopic (exact) mass is 356 g/mol. The number of likely N-dealkylation sites (N-methyl/N-ethyl adjacent to an activating group) is 1. The minimum absolute atomic E-state index is 0.0536. The van der Waals surface area contributed by atoms with Gasteiger partial charge in [0.15, 0.2) is 0 Å². The number of methoxy groups -OCH3 is 1. The van der Waals surface area contributed by atoms with Gasteiger partial charge < -0.3 is 14.7 Å². The fourth-order valence-corrected chi connectivity index (χ4v) is 4.23. The molecule has 1 saturated heterocycles. The lowest BCUT2D eigenvalue weighted by molar-refractivity contribution is -0.117. The van der Waals surface area contributed by atoms with Crippen molar-refractivity contribution < 1.29 is 23.1 Å². The molecule has 1 aliphatic heterocycles. The molecule has 0 aliphatic carbocycles. The van der Waals surface area contributed by atoms with E-state index in [9.17, 15) is 18.3 Å². The van der Waals surface area contributed by atoms with Crippen LogP contribution in [0.3, 0.4) is 0 Å². The van der Waals surface area contributed by atoms with E-state index in [1.807, 2.05) is 0 Å². The van der Waals surface area contributed by atoms with Crippen molar-refractivity contribution >= 4 is 21.6 Å². The van der Waals surface area contributed by atoms with Gasteiger partial charge in [-0.2, -0.15) is 4.31 Å². The van der Waals surface area contributed by atoms with E-state index in [-0.39, 0.29) is 24.0 Å². The van der Waals surface area contributed by atoms with E-state index in [4.69, 9.17) is 4.74 Å². The lowest BCUT2D eigenvalue weighted by atomic mass is 10.2. The highest BCUT2D eigenvalue weighted by Crippen LogP contribution is 2.27. The first-order valence-electron chi connectivity index (χ1n) is 7.81. The zero-order valence-corrected chi connectivity index (χ0v) is 15.0. The van der Waals surface area contributed by atoms with Gasteiger partial charge in [0.1, 0.15) is 0 Å². The van der Waals surface area contributed by atoms with Crippen molar-refractivity contribution in [3.63, 3.8) is 0 Å². The maximum absolute atomic E-state index is 12.7. The van der Waals surface area contributed by atoms with Gasteiger partial charge in [-0.05, 0) is 37.1 Å². The van der Waals surface area contributed by atoms with Crippen LogP contribution in [0.2, 0.25) is 0 Å². The van der Waals surface area contributed by atoms with Gasteiger partial charge in [0, 0.05) is 39.4 Å². The second-order valence-electron chi connectivity index (χ2n) is 5.99. The average molecular weight is 356 g/mol. The molecule has 0 aromatic heterocycles. The Hall–Kier alpha value is -1.48. The molecule has 1 atom stereocenters. The molecule has 0 bridgehead atoms. The Morgan fingerprint density at radius 3 is 2.67 bits per heavy atom. The summed E-state index contributed by atoms with van der Waals surface area (Å²) in [7, 11) is -0.856. The van der Waals surface area contributed by atoms with E-state index >= 15 is 0 Å². The number of sulfonamides is 1. The van der Waals surface area contributed by atoms with Crippen LogP contribution in [0.5, 0.6) is 0 Å². The van der Waals surface area contributed by atoms with E-state index in [2.05, 4.69) is 0 Å². The maximum atomic E-state index is 12.7. The molecule has 8 heteroatoms. The van der Waals surface area contributed by atoms with Crippen LogP contribution in [-0.2, 0) is 19.6 Å². The van der Waals surface area contributed by atoms with Crippen molar-refractivity contribution in [2.45, 2.75) is 30.8 Å². The SMILES string of the molecule is COC[C@H](O)CN(C)S(=O)(=O)c1ccc(N2CCCC2=O)cc1C. The first kappa shape index (κ1) is 18.9. The van der Waals surface area contributed by atoms with E-state index in [0.717, 1.165) is 16.4 Å². The number of carbonyl (C=O) groups is 1. The summed E-state index contributed by atoms with van der Waals surface area (Å²) >= 11 is 0. The predicted octanol–water partition coefficient (Wildman–Crippen LogP) is 0.750. The van der Waals surface area contributed by atoms with Crippen LogP contribution in [0.1, 0.15) is 18.4 Å². The van der Waals surface area contributed by atoms with Crippen LogP contribution in [0, 0.1) is 6.92 Å². The van der Waals surface area contributed by atoms with Crippen LogP contribution in [-0.4, -0.2) is 63.7 Å². The molecule has 1 fully saturated rings. The van der Waals surface area contributed by atoms with Crippen molar-refractivity contribution in [3.8, 4) is 0 Å². The lowest BCUT2D eigenvalue weighted by Gasteiger charge is -2.22. The molecule has 7 nitrogen and oxygen atoms in total. The van der Waals surface area contributed by atoms with E-state index in [1.54, 1.807) is 24.0 Å². The Morgan fingerprint density at radius 1 is 1.42 bits per heavy atom. The minimum atomic E-state index is -3.72. The Balaban J connectivity index is 2.22. The quantitative estimate of drug-likeness (QED) is 0.779. The lowest BCUT2D eigenvalue weighted by Crippen LogP contribution is -2.36. The summed E-state index contributed by atoms with van der Waals surface area (Å²) in [6, 6.07) is 4.89. The van der Waals surface area contributed by atoms with Crippen LogP contribution in [0.25, 0.3) is 0 Å². The minimum Gasteiger partial charge on any atom is -0.389 e. The number of hydrogen-bond donors (Lipinski definition) is 1. The molecule has 24 heavy (non-hydrogen) atoms. The number of nitrogens with zero attached hydrogens (tertiary/aromatic N) is 2. The van der Waals surface area contributed by atoms with Gasteiger partial charge in [0.25, 0.3) is 0 Å². The standard InChI is InChI=1S/C16H24N2O5S/c1-12-9-13(18-8-4-5-16(18)20)6-7-15(12)24(21,22)17(2)10-14(19)11-23-3/h6-7,9,14,19H,4-5,8,10-11H2,1-3H3/t14-/m1/s1. The summed E-state index contributed by atoms with van der Waals surface area (Å²) in [6.45, 7) is 2.38. The molecule has 1 heterocycles. The predicted molar refractivity (Wildman–Crippen MR) is 90.5 cm³/mol. The topological polar surface area (TPSA) is 87.2 Å². The van der Waals surface area contributed by atoms with E-state index < -0.39 is 16.1 Å². The van der Waals surface area contributed by atoms with Crippen LogP contribution in [0.15, 0.2) is 23.1 Å². The molecule has 1 aromatic carbocycles. The van der Waals surface area contributed by atoms with Crippen LogP contribution in [0.4, 0.5) is 5.69 Å². The highest BCUT2D eigenvalue weighted by Gasteiger charge is 2.27. The molecular formula is C16H24N2O5S. The molecule has 2 rings (SSSR count). The van der Waals surface area contributed by atoms with Gasteiger partial charge in [-0.25, -0.2) is 8.42 Å². The normalized spacial score (nSPS) is 16.9. The molecule has 0 spiro atoms. The third-order valence-electron chi connectivity index (χ3n) is 4.06. The third-order valence-corrected chi connectivity index (χ3v) is 6.04. The van der Waals surface area contributed by atoms with Gasteiger partial charge in [0.2, 0.25) is 15.9 Å². The summed E-state index contributed by atoms with van der Waals surface area (Å²) in [5.74, 6) is 0.0600. The molecule has 0 unspecified atom stereocenters. The van der Waals surface area contributed by atoms with Gasteiger partial charge >= 0.3 is 0 Å². The summed E-state index contributed by atoms with van der Waals surface area (Å²) in [4.78, 5) is 13.7. The number of amides is 1. The molecule has 1 aromatic rings. The van der Waals surface area contributed by atoms with Gasteiger partial charge in [-0.15, -0.1) is 0 Å². The number of ether oxygens (including phenoxy) is 1. The fraction of sp³-hybridized carbons (Fsp3) is 0.562.